The molecule has 0 bridgehead atoms. The molecule has 2 saturated carbocycles. The molecule has 0 aliphatic heterocycles. The van der Waals surface area contributed by atoms with Gasteiger partial charge in [-0.1, -0.05) is 0 Å². The number of carboxylic acids is 1. The summed E-state index contributed by atoms with van der Waals surface area (Å²) in [6.07, 6.45) is 3.93. The first kappa shape index (κ1) is 16.6. The summed E-state index contributed by atoms with van der Waals surface area (Å²) >= 11 is 0. The maximum absolute atomic E-state index is 12.1. The van der Waals surface area contributed by atoms with E-state index in [2.05, 4.69) is 15.5 Å². The highest BCUT2D eigenvalue weighted by Gasteiger charge is 2.37. The van der Waals surface area contributed by atoms with Crippen LogP contribution in [0.5, 0.6) is 5.88 Å². The van der Waals surface area contributed by atoms with Gasteiger partial charge in [0.2, 0.25) is 5.88 Å². The Labute approximate surface area is 140 Å². The first-order valence-corrected chi connectivity index (χ1v) is 8.19. The van der Waals surface area contributed by atoms with Crippen molar-refractivity contribution >= 4 is 11.9 Å². The van der Waals surface area contributed by atoms with Crippen molar-refractivity contribution in [1.82, 2.24) is 20.4 Å². The molecule has 0 unspecified atom stereocenters. The highest BCUT2D eigenvalue weighted by molar-refractivity contribution is 5.92. The van der Waals surface area contributed by atoms with Gasteiger partial charge < -0.3 is 15.2 Å². The van der Waals surface area contributed by atoms with Crippen LogP contribution in [0.2, 0.25) is 0 Å². The number of ether oxygens (including phenoxy) is 1. The number of rotatable bonds is 8. The minimum atomic E-state index is -0.795. The van der Waals surface area contributed by atoms with Crippen LogP contribution < -0.4 is 10.1 Å². The molecule has 2 fully saturated rings. The number of hydrogen-bond donors (Lipinski definition) is 2. The molecular formula is C16H22N4O4. The van der Waals surface area contributed by atoms with Gasteiger partial charge in [-0.15, -0.1) is 10.2 Å². The number of nitrogens with zero attached hydrogens (tertiary/aromatic N) is 3. The van der Waals surface area contributed by atoms with Gasteiger partial charge in [0.25, 0.3) is 5.91 Å². The molecule has 1 heterocycles. The number of aliphatic carboxylic acids is 1. The number of amides is 1. The van der Waals surface area contributed by atoms with E-state index in [4.69, 9.17) is 9.84 Å². The van der Waals surface area contributed by atoms with Crippen LogP contribution in [0, 0.1) is 5.92 Å². The third-order valence-corrected chi connectivity index (χ3v) is 4.57. The summed E-state index contributed by atoms with van der Waals surface area (Å²) in [5.41, 5.74) is 0.250. The van der Waals surface area contributed by atoms with Crippen molar-refractivity contribution in [1.29, 1.82) is 0 Å². The Morgan fingerprint density at radius 2 is 2.08 bits per heavy atom. The SMILES string of the molecule is COc1ccc(C(=O)NC2CC(N(CC(=O)O)CC3CC3)C2)nn1. The molecule has 2 aliphatic rings. The zero-order valence-electron chi connectivity index (χ0n) is 13.6. The summed E-state index contributed by atoms with van der Waals surface area (Å²) in [5.74, 6) is -0.0514. The lowest BCUT2D eigenvalue weighted by Gasteiger charge is -2.42. The fraction of sp³-hybridized carbons (Fsp3) is 0.625. The molecule has 0 radical (unpaired) electrons. The average Bonchev–Trinajstić information content (AvgIpc) is 3.33. The zero-order chi connectivity index (χ0) is 17.1. The van der Waals surface area contributed by atoms with Gasteiger partial charge in [-0.25, -0.2) is 0 Å². The summed E-state index contributed by atoms with van der Waals surface area (Å²) in [6.45, 7) is 0.924. The van der Waals surface area contributed by atoms with Gasteiger partial charge in [-0.05, 0) is 37.7 Å². The normalized spacial score (nSPS) is 22.8. The Balaban J connectivity index is 1.47. The van der Waals surface area contributed by atoms with Gasteiger partial charge in [0.05, 0.1) is 13.7 Å². The Kier molecular flexibility index (Phi) is 4.94. The number of carbonyl (C=O) groups excluding carboxylic acids is 1. The van der Waals surface area contributed by atoms with Crippen molar-refractivity contribution in [3.05, 3.63) is 17.8 Å². The first-order chi connectivity index (χ1) is 11.5. The highest BCUT2D eigenvalue weighted by Crippen LogP contribution is 2.33. The molecule has 3 rings (SSSR count). The van der Waals surface area contributed by atoms with Crippen LogP contribution in [0.25, 0.3) is 0 Å². The molecule has 1 aromatic rings. The molecule has 1 aromatic heterocycles. The van der Waals surface area contributed by atoms with Crippen LogP contribution in [0.15, 0.2) is 12.1 Å². The Morgan fingerprint density at radius 3 is 2.62 bits per heavy atom. The molecule has 0 aromatic carbocycles. The minimum absolute atomic E-state index is 0.0573. The molecule has 1 amide bonds. The predicted octanol–water partition coefficient (Wildman–Crippen LogP) is 0.543. The van der Waals surface area contributed by atoms with E-state index in [-0.39, 0.29) is 30.2 Å². The number of aromatic nitrogens is 2. The van der Waals surface area contributed by atoms with E-state index in [1.165, 1.54) is 20.0 Å². The van der Waals surface area contributed by atoms with Gasteiger partial charge >= 0.3 is 5.97 Å². The number of carbonyl (C=O) groups is 2. The average molecular weight is 334 g/mol. The maximum Gasteiger partial charge on any atom is 0.317 e. The van der Waals surface area contributed by atoms with Crippen molar-refractivity contribution in [2.45, 2.75) is 37.8 Å². The van der Waals surface area contributed by atoms with Gasteiger partial charge in [-0.3, -0.25) is 14.5 Å². The van der Waals surface area contributed by atoms with Crippen LogP contribution in [-0.2, 0) is 4.79 Å². The lowest BCUT2D eigenvalue weighted by atomic mass is 9.85. The second kappa shape index (κ2) is 7.12. The summed E-state index contributed by atoms with van der Waals surface area (Å²) in [7, 11) is 1.49. The molecule has 8 heteroatoms. The molecule has 2 aliphatic carbocycles. The number of carboxylic acid groups (broad SMARTS) is 1. The number of hydrogen-bond acceptors (Lipinski definition) is 6. The minimum Gasteiger partial charge on any atom is -0.480 e. The molecule has 130 valence electrons. The predicted molar refractivity (Wildman–Crippen MR) is 84.8 cm³/mol. The van der Waals surface area contributed by atoms with Crippen molar-refractivity contribution in [2.75, 3.05) is 20.2 Å². The Bertz CT molecular complexity index is 597. The van der Waals surface area contributed by atoms with E-state index < -0.39 is 5.97 Å². The van der Waals surface area contributed by atoms with Crippen molar-refractivity contribution in [3.8, 4) is 5.88 Å². The fourth-order valence-electron chi connectivity index (χ4n) is 2.96. The Hall–Kier alpha value is -2.22. The summed E-state index contributed by atoms with van der Waals surface area (Å²) in [6, 6.07) is 3.45. The Morgan fingerprint density at radius 1 is 1.33 bits per heavy atom. The van der Waals surface area contributed by atoms with Crippen LogP contribution >= 0.6 is 0 Å². The standard InChI is InChI=1S/C16H22N4O4/c1-24-14-5-4-13(18-19-14)16(23)17-11-6-12(7-11)20(9-15(21)22)8-10-2-3-10/h4-5,10-12H,2-3,6-9H2,1H3,(H,17,23)(H,21,22). The lowest BCUT2D eigenvalue weighted by Crippen LogP contribution is -2.55. The summed E-state index contributed by atoms with van der Waals surface area (Å²) in [5, 5.41) is 19.6. The van der Waals surface area contributed by atoms with Gasteiger partial charge in [0, 0.05) is 24.7 Å². The third kappa shape index (κ3) is 4.19. The molecule has 8 nitrogen and oxygen atoms in total. The lowest BCUT2D eigenvalue weighted by molar-refractivity contribution is -0.139. The topological polar surface area (TPSA) is 105 Å². The molecule has 2 N–H and O–H groups in total. The van der Waals surface area contributed by atoms with E-state index in [1.54, 1.807) is 12.1 Å². The zero-order valence-corrected chi connectivity index (χ0v) is 13.6. The van der Waals surface area contributed by atoms with Crippen LogP contribution in [-0.4, -0.2) is 64.4 Å². The van der Waals surface area contributed by atoms with Gasteiger partial charge in [0.1, 0.15) is 0 Å². The third-order valence-electron chi connectivity index (χ3n) is 4.57. The largest absolute Gasteiger partial charge is 0.480 e. The van der Waals surface area contributed by atoms with Crippen LogP contribution in [0.3, 0.4) is 0 Å². The maximum atomic E-state index is 12.1. The van der Waals surface area contributed by atoms with E-state index in [1.807, 2.05) is 4.90 Å². The van der Waals surface area contributed by atoms with Crippen LogP contribution in [0.1, 0.15) is 36.2 Å². The number of nitrogens with one attached hydrogen (secondary N) is 1. The second-order valence-corrected chi connectivity index (χ2v) is 6.52. The van der Waals surface area contributed by atoms with E-state index in [9.17, 15) is 9.59 Å². The smallest absolute Gasteiger partial charge is 0.317 e. The molecule has 0 saturated heterocycles. The van der Waals surface area contributed by atoms with E-state index in [0.717, 1.165) is 19.4 Å². The van der Waals surface area contributed by atoms with Gasteiger partial charge in [-0.2, -0.15) is 0 Å². The molecule has 0 spiro atoms. The van der Waals surface area contributed by atoms with Crippen molar-refractivity contribution in [3.63, 3.8) is 0 Å². The molecular weight excluding hydrogens is 312 g/mol. The van der Waals surface area contributed by atoms with Crippen molar-refractivity contribution < 1.29 is 19.4 Å². The van der Waals surface area contributed by atoms with Crippen molar-refractivity contribution in [2.24, 2.45) is 5.92 Å². The molecule has 0 atom stereocenters. The highest BCUT2D eigenvalue weighted by atomic mass is 16.5. The van der Waals surface area contributed by atoms with E-state index in [0.29, 0.717) is 11.8 Å². The number of methoxy groups -OCH3 is 1. The van der Waals surface area contributed by atoms with Gasteiger partial charge in [0.15, 0.2) is 5.69 Å². The summed E-state index contributed by atoms with van der Waals surface area (Å²) in [4.78, 5) is 25.2. The molecule has 24 heavy (non-hydrogen) atoms. The second-order valence-electron chi connectivity index (χ2n) is 6.52. The quantitative estimate of drug-likeness (QED) is 0.715. The monoisotopic (exact) mass is 334 g/mol. The van der Waals surface area contributed by atoms with Crippen LogP contribution in [0.4, 0.5) is 0 Å². The fourth-order valence-corrected chi connectivity index (χ4v) is 2.96. The first-order valence-electron chi connectivity index (χ1n) is 8.19. The van der Waals surface area contributed by atoms with E-state index >= 15 is 0 Å². The summed E-state index contributed by atoms with van der Waals surface area (Å²) < 4.78 is 4.91.